The van der Waals surface area contributed by atoms with Crippen LogP contribution in [0, 0.1) is 0 Å². The van der Waals surface area contributed by atoms with Gasteiger partial charge in [0.25, 0.3) is 0 Å². The Labute approximate surface area is 125 Å². The molecule has 1 aromatic carbocycles. The molecule has 2 rings (SSSR count). The lowest BCUT2D eigenvalue weighted by molar-refractivity contribution is 0.393. The molecule has 21 heavy (non-hydrogen) atoms. The van der Waals surface area contributed by atoms with Gasteiger partial charge in [-0.05, 0) is 37.2 Å². The van der Waals surface area contributed by atoms with E-state index in [0.29, 0.717) is 0 Å². The van der Waals surface area contributed by atoms with Crippen LogP contribution in [-0.4, -0.2) is 30.7 Å². The van der Waals surface area contributed by atoms with E-state index in [-0.39, 0.29) is 6.04 Å². The van der Waals surface area contributed by atoms with Crippen molar-refractivity contribution in [1.29, 1.82) is 0 Å². The van der Waals surface area contributed by atoms with Gasteiger partial charge < -0.3 is 14.8 Å². The van der Waals surface area contributed by atoms with Gasteiger partial charge in [-0.15, -0.1) is 0 Å². The largest absolute Gasteiger partial charge is 0.497 e. The van der Waals surface area contributed by atoms with Crippen LogP contribution < -0.4 is 14.8 Å². The fourth-order valence-corrected chi connectivity index (χ4v) is 2.20. The van der Waals surface area contributed by atoms with Crippen LogP contribution in [0.25, 0.3) is 0 Å². The van der Waals surface area contributed by atoms with Crippen LogP contribution in [-0.2, 0) is 0 Å². The molecule has 2 aromatic rings. The van der Waals surface area contributed by atoms with E-state index in [2.05, 4.69) is 22.2 Å². The molecule has 0 bridgehead atoms. The zero-order valence-electron chi connectivity index (χ0n) is 12.7. The van der Waals surface area contributed by atoms with Gasteiger partial charge in [-0.1, -0.05) is 6.92 Å². The minimum absolute atomic E-state index is 0.0574. The Bertz CT molecular complexity index is 561. The van der Waals surface area contributed by atoms with Crippen molar-refractivity contribution in [2.45, 2.75) is 19.4 Å². The van der Waals surface area contributed by atoms with Gasteiger partial charge in [-0.25, -0.2) is 9.97 Å². The van der Waals surface area contributed by atoms with Crippen LogP contribution in [0.5, 0.6) is 11.5 Å². The number of hydrogen-bond acceptors (Lipinski definition) is 5. The zero-order chi connectivity index (χ0) is 15.1. The first-order valence-electron chi connectivity index (χ1n) is 7.01. The van der Waals surface area contributed by atoms with Crippen LogP contribution in [0.15, 0.2) is 36.8 Å². The summed E-state index contributed by atoms with van der Waals surface area (Å²) in [5, 5.41) is 3.50. The number of rotatable bonds is 7. The summed E-state index contributed by atoms with van der Waals surface area (Å²) in [6, 6.07) is 7.63. The summed E-state index contributed by atoms with van der Waals surface area (Å²) in [4.78, 5) is 8.35. The summed E-state index contributed by atoms with van der Waals surface area (Å²) in [6.45, 7) is 3.02. The Balaban J connectivity index is 2.44. The lowest BCUT2D eigenvalue weighted by Crippen LogP contribution is -2.24. The maximum atomic E-state index is 5.49. The highest BCUT2D eigenvalue weighted by Crippen LogP contribution is 2.32. The number of nitrogens with zero attached hydrogens (tertiary/aromatic N) is 2. The molecule has 0 spiro atoms. The maximum absolute atomic E-state index is 5.49. The van der Waals surface area contributed by atoms with Crippen LogP contribution in [0.1, 0.15) is 30.6 Å². The Kier molecular flexibility index (Phi) is 5.51. The van der Waals surface area contributed by atoms with Gasteiger partial charge in [0.2, 0.25) is 0 Å². The molecule has 0 fully saturated rings. The van der Waals surface area contributed by atoms with Gasteiger partial charge >= 0.3 is 0 Å². The summed E-state index contributed by atoms with van der Waals surface area (Å²) in [7, 11) is 3.33. The highest BCUT2D eigenvalue weighted by Gasteiger charge is 2.19. The van der Waals surface area contributed by atoms with Gasteiger partial charge in [0.05, 0.1) is 26.0 Å². The van der Waals surface area contributed by atoms with Crippen molar-refractivity contribution in [1.82, 2.24) is 15.3 Å². The molecule has 0 aliphatic carbocycles. The van der Waals surface area contributed by atoms with Crippen molar-refractivity contribution in [3.05, 3.63) is 48.0 Å². The average Bonchev–Trinajstić information content (AvgIpc) is 2.56. The van der Waals surface area contributed by atoms with E-state index in [0.717, 1.165) is 35.7 Å². The SMILES string of the molecule is CCCNC(c1ccncn1)c1cc(OC)ccc1OC. The van der Waals surface area contributed by atoms with E-state index in [1.807, 2.05) is 24.3 Å². The first-order chi connectivity index (χ1) is 10.3. The molecule has 0 radical (unpaired) electrons. The second-order valence-corrected chi connectivity index (χ2v) is 4.63. The fourth-order valence-electron chi connectivity index (χ4n) is 2.20. The summed E-state index contributed by atoms with van der Waals surface area (Å²) >= 11 is 0. The van der Waals surface area contributed by atoms with E-state index < -0.39 is 0 Å². The topological polar surface area (TPSA) is 56.3 Å². The van der Waals surface area contributed by atoms with Crippen molar-refractivity contribution in [2.24, 2.45) is 0 Å². The molecule has 112 valence electrons. The van der Waals surface area contributed by atoms with Crippen LogP contribution >= 0.6 is 0 Å². The second-order valence-electron chi connectivity index (χ2n) is 4.63. The first kappa shape index (κ1) is 15.3. The van der Waals surface area contributed by atoms with Crippen molar-refractivity contribution in [3.63, 3.8) is 0 Å². The Morgan fingerprint density at radius 1 is 1.19 bits per heavy atom. The Morgan fingerprint density at radius 3 is 2.67 bits per heavy atom. The van der Waals surface area contributed by atoms with Crippen molar-refractivity contribution in [2.75, 3.05) is 20.8 Å². The van der Waals surface area contributed by atoms with Crippen molar-refractivity contribution < 1.29 is 9.47 Å². The first-order valence-corrected chi connectivity index (χ1v) is 7.01. The molecular weight excluding hydrogens is 266 g/mol. The average molecular weight is 287 g/mol. The normalized spacial score (nSPS) is 12.0. The molecule has 1 unspecified atom stereocenters. The molecule has 5 heteroatoms. The van der Waals surface area contributed by atoms with E-state index in [9.17, 15) is 0 Å². The quantitative estimate of drug-likeness (QED) is 0.848. The Hall–Kier alpha value is -2.14. The van der Waals surface area contributed by atoms with E-state index >= 15 is 0 Å². The van der Waals surface area contributed by atoms with E-state index in [4.69, 9.17) is 9.47 Å². The Morgan fingerprint density at radius 2 is 2.05 bits per heavy atom. The van der Waals surface area contributed by atoms with Gasteiger partial charge in [-0.3, -0.25) is 0 Å². The summed E-state index contributed by atoms with van der Waals surface area (Å²) in [5.74, 6) is 1.60. The molecule has 0 saturated carbocycles. The van der Waals surface area contributed by atoms with Crippen molar-refractivity contribution >= 4 is 0 Å². The molecule has 0 aliphatic rings. The van der Waals surface area contributed by atoms with Gasteiger partial charge in [0.15, 0.2) is 0 Å². The standard InChI is InChI=1S/C16H21N3O2/c1-4-8-18-16(14-7-9-17-11-19-14)13-10-12(20-2)5-6-15(13)21-3/h5-7,9-11,16,18H,4,8H2,1-3H3. The van der Waals surface area contributed by atoms with Gasteiger partial charge in [-0.2, -0.15) is 0 Å². The molecule has 0 aliphatic heterocycles. The molecule has 1 N–H and O–H groups in total. The summed E-state index contributed by atoms with van der Waals surface area (Å²) in [5.41, 5.74) is 1.91. The third-order valence-corrected chi connectivity index (χ3v) is 3.25. The van der Waals surface area contributed by atoms with Crippen LogP contribution in [0.3, 0.4) is 0 Å². The highest BCUT2D eigenvalue weighted by atomic mass is 16.5. The number of nitrogens with one attached hydrogen (secondary N) is 1. The van der Waals surface area contributed by atoms with Crippen LogP contribution in [0.2, 0.25) is 0 Å². The molecular formula is C16H21N3O2. The highest BCUT2D eigenvalue weighted by molar-refractivity contribution is 5.44. The maximum Gasteiger partial charge on any atom is 0.124 e. The van der Waals surface area contributed by atoms with E-state index in [1.165, 1.54) is 0 Å². The minimum Gasteiger partial charge on any atom is -0.497 e. The van der Waals surface area contributed by atoms with Gasteiger partial charge in [0, 0.05) is 11.8 Å². The van der Waals surface area contributed by atoms with E-state index in [1.54, 1.807) is 26.7 Å². The lowest BCUT2D eigenvalue weighted by atomic mass is 10.0. The smallest absolute Gasteiger partial charge is 0.124 e. The third-order valence-electron chi connectivity index (χ3n) is 3.25. The lowest BCUT2D eigenvalue weighted by Gasteiger charge is -2.21. The predicted octanol–water partition coefficient (Wildman–Crippen LogP) is 2.58. The molecule has 5 nitrogen and oxygen atoms in total. The fraction of sp³-hybridized carbons (Fsp3) is 0.375. The van der Waals surface area contributed by atoms with Crippen molar-refractivity contribution in [3.8, 4) is 11.5 Å². The monoisotopic (exact) mass is 287 g/mol. The number of benzene rings is 1. The third kappa shape index (κ3) is 3.70. The van der Waals surface area contributed by atoms with Crippen LogP contribution in [0.4, 0.5) is 0 Å². The molecule has 0 saturated heterocycles. The number of ether oxygens (including phenoxy) is 2. The summed E-state index contributed by atoms with van der Waals surface area (Å²) in [6.07, 6.45) is 4.34. The molecule has 1 heterocycles. The summed E-state index contributed by atoms with van der Waals surface area (Å²) < 4.78 is 10.8. The van der Waals surface area contributed by atoms with Gasteiger partial charge in [0.1, 0.15) is 17.8 Å². The zero-order valence-corrected chi connectivity index (χ0v) is 12.7. The predicted molar refractivity (Wildman–Crippen MR) is 81.7 cm³/mol. The molecule has 1 atom stereocenters. The number of hydrogen-bond donors (Lipinski definition) is 1. The number of methoxy groups -OCH3 is 2. The minimum atomic E-state index is -0.0574. The molecule has 0 amide bonds. The number of aromatic nitrogens is 2. The molecule has 1 aromatic heterocycles. The second kappa shape index (κ2) is 7.59.